The van der Waals surface area contributed by atoms with Gasteiger partial charge in [-0.1, -0.05) is 54.7 Å². The summed E-state index contributed by atoms with van der Waals surface area (Å²) in [4.78, 5) is 48.7. The van der Waals surface area contributed by atoms with Gasteiger partial charge in [-0.2, -0.15) is 0 Å². The van der Waals surface area contributed by atoms with Gasteiger partial charge in [-0.05, 0) is 20.8 Å². The molecule has 0 aliphatic carbocycles. The van der Waals surface area contributed by atoms with Gasteiger partial charge in [0.15, 0.2) is 0 Å². The summed E-state index contributed by atoms with van der Waals surface area (Å²) in [6.45, 7) is 5.29. The van der Waals surface area contributed by atoms with Crippen LogP contribution in [0.25, 0.3) is 0 Å². The predicted molar refractivity (Wildman–Crippen MR) is 92.0 cm³/mol. The zero-order valence-corrected chi connectivity index (χ0v) is 14.3. The highest BCUT2D eigenvalue weighted by Gasteiger charge is 2.19. The lowest BCUT2D eigenvalue weighted by molar-refractivity contribution is -0.460. The average molecular weight is 347 g/mol. The van der Waals surface area contributed by atoms with Crippen LogP contribution in [0.15, 0.2) is 72.9 Å². The molecule has 0 fully saturated rings. The Hall–Kier alpha value is -3.19. The van der Waals surface area contributed by atoms with Crippen molar-refractivity contribution >= 4 is 17.9 Å². The van der Waals surface area contributed by atoms with Crippen LogP contribution in [0.2, 0.25) is 0 Å². The number of hydrogen-bond acceptors (Lipinski definition) is 7. The van der Waals surface area contributed by atoms with E-state index in [1.165, 1.54) is 18.2 Å². The maximum Gasteiger partial charge on any atom is 0.356 e. The molecule has 7 heteroatoms. The molecule has 0 rings (SSSR count). The molecule has 7 nitrogen and oxygen atoms in total. The van der Waals surface area contributed by atoms with Crippen molar-refractivity contribution in [2.24, 2.45) is 0 Å². The predicted octanol–water partition coefficient (Wildman–Crippen LogP) is 3.06. The Morgan fingerprint density at radius 1 is 0.560 bits per heavy atom. The van der Waals surface area contributed by atoms with Gasteiger partial charge in [-0.25, -0.2) is 14.4 Å². The third-order valence-electron chi connectivity index (χ3n) is 2.10. The molecule has 0 aromatic carbocycles. The first-order valence-electron chi connectivity index (χ1n) is 7.37. The van der Waals surface area contributed by atoms with Crippen molar-refractivity contribution < 1.29 is 28.9 Å². The molecule has 0 N–H and O–H groups in total. The Bertz CT molecular complexity index is 525. The van der Waals surface area contributed by atoms with Gasteiger partial charge in [-0.3, -0.25) is 14.5 Å². The lowest BCUT2D eigenvalue weighted by atomic mass is 10.4. The first-order chi connectivity index (χ1) is 12.0. The standard InChI is InChI=1S/C18H21NO6/c1-4-7-10-13-16(20)23-19(24-17(21)14-11-8-5-2)25-18(22)15-12-9-6-3/h4-15H,1-3H3/b7-4+,8-5+,9-6+,13-10+,14-11+,15-12+. The molecule has 25 heavy (non-hydrogen) atoms. The van der Waals surface area contributed by atoms with Crippen LogP contribution in [0, 0.1) is 0 Å². The van der Waals surface area contributed by atoms with Crippen LogP contribution in [0.1, 0.15) is 20.8 Å². The molecule has 0 aliphatic rings. The average Bonchev–Trinajstić information content (AvgIpc) is 2.55. The van der Waals surface area contributed by atoms with Crippen molar-refractivity contribution in [3.05, 3.63) is 72.9 Å². The second-order valence-corrected chi connectivity index (χ2v) is 4.11. The molecule has 0 aliphatic heterocycles. The fourth-order valence-corrected chi connectivity index (χ4v) is 1.10. The molecule has 0 radical (unpaired) electrons. The fraction of sp³-hybridized carbons (Fsp3) is 0.167. The first-order valence-corrected chi connectivity index (χ1v) is 7.37. The molecule has 0 atom stereocenters. The van der Waals surface area contributed by atoms with Gasteiger partial charge in [-0.15, -0.1) is 0 Å². The van der Waals surface area contributed by atoms with Gasteiger partial charge in [0.1, 0.15) is 0 Å². The van der Waals surface area contributed by atoms with E-state index in [4.69, 9.17) is 0 Å². The van der Waals surface area contributed by atoms with Gasteiger partial charge in [0, 0.05) is 18.2 Å². The summed E-state index contributed by atoms with van der Waals surface area (Å²) < 4.78 is 0. The number of allylic oxidation sites excluding steroid dienone is 9. The molecule has 0 saturated heterocycles. The first kappa shape index (κ1) is 21.8. The largest absolute Gasteiger partial charge is 0.356 e. The number of hydrogen-bond donors (Lipinski definition) is 0. The summed E-state index contributed by atoms with van der Waals surface area (Å²) in [7, 11) is 0. The van der Waals surface area contributed by atoms with Crippen molar-refractivity contribution in [3.8, 4) is 0 Å². The van der Waals surface area contributed by atoms with E-state index < -0.39 is 17.9 Å². The Morgan fingerprint density at radius 2 is 0.840 bits per heavy atom. The number of carbonyl (C=O) groups excluding carboxylic acids is 3. The van der Waals surface area contributed by atoms with Crippen LogP contribution in [0.5, 0.6) is 0 Å². The lowest BCUT2D eigenvalue weighted by Crippen LogP contribution is -2.31. The molecule has 0 amide bonds. The zero-order valence-electron chi connectivity index (χ0n) is 14.3. The van der Waals surface area contributed by atoms with Crippen molar-refractivity contribution in [1.82, 2.24) is 5.39 Å². The Kier molecular flexibility index (Phi) is 12.6. The smallest absolute Gasteiger partial charge is 0.296 e. The number of carbonyl (C=O) groups is 3. The fourth-order valence-electron chi connectivity index (χ4n) is 1.10. The van der Waals surface area contributed by atoms with Crippen LogP contribution in [-0.2, 0) is 28.9 Å². The van der Waals surface area contributed by atoms with Gasteiger partial charge >= 0.3 is 17.9 Å². The Labute approximate surface area is 146 Å². The van der Waals surface area contributed by atoms with Gasteiger partial charge < -0.3 is 0 Å². The van der Waals surface area contributed by atoms with E-state index in [0.29, 0.717) is 0 Å². The molecule has 0 unspecified atom stereocenters. The molecular weight excluding hydrogens is 326 g/mol. The summed E-state index contributed by atoms with van der Waals surface area (Å²) in [5, 5.41) is 0.0486. The summed E-state index contributed by atoms with van der Waals surface area (Å²) in [6, 6.07) is 0. The zero-order chi connectivity index (χ0) is 18.9. The SMILES string of the molecule is C/C=C/C=C/C(=O)ON(OC(=O)/C=C/C=C/C)OC(=O)/C=C/C=C/C. The van der Waals surface area contributed by atoms with E-state index in [1.54, 1.807) is 57.2 Å². The van der Waals surface area contributed by atoms with Crippen LogP contribution in [0.4, 0.5) is 0 Å². The van der Waals surface area contributed by atoms with Crippen molar-refractivity contribution in [3.63, 3.8) is 0 Å². The number of rotatable bonds is 9. The second-order valence-electron chi connectivity index (χ2n) is 4.11. The van der Waals surface area contributed by atoms with Crippen LogP contribution in [-0.4, -0.2) is 23.3 Å². The van der Waals surface area contributed by atoms with Crippen LogP contribution >= 0.6 is 0 Å². The number of nitrogens with zero attached hydrogens (tertiary/aromatic N) is 1. The maximum absolute atomic E-state index is 11.6. The molecule has 0 spiro atoms. The third kappa shape index (κ3) is 13.0. The highest BCUT2D eigenvalue weighted by atomic mass is 17.2. The molecule has 0 heterocycles. The Balaban J connectivity index is 4.93. The molecule has 0 aromatic rings. The molecular formula is C18H21NO6. The normalized spacial score (nSPS) is 12.5. The van der Waals surface area contributed by atoms with Crippen LogP contribution < -0.4 is 0 Å². The topological polar surface area (TPSA) is 82.1 Å². The van der Waals surface area contributed by atoms with Crippen molar-refractivity contribution in [2.45, 2.75) is 20.8 Å². The lowest BCUT2D eigenvalue weighted by Gasteiger charge is -2.14. The summed E-state index contributed by atoms with van der Waals surface area (Å²) in [6.07, 6.45) is 17.2. The van der Waals surface area contributed by atoms with Gasteiger partial charge in [0.25, 0.3) is 0 Å². The minimum atomic E-state index is -0.909. The third-order valence-corrected chi connectivity index (χ3v) is 2.10. The van der Waals surface area contributed by atoms with Crippen molar-refractivity contribution in [1.29, 1.82) is 0 Å². The van der Waals surface area contributed by atoms with Crippen LogP contribution in [0.3, 0.4) is 0 Å². The van der Waals surface area contributed by atoms with E-state index in [2.05, 4.69) is 14.5 Å². The highest BCUT2D eigenvalue weighted by molar-refractivity contribution is 5.84. The van der Waals surface area contributed by atoms with Gasteiger partial charge in [0.05, 0.1) is 0 Å². The van der Waals surface area contributed by atoms with Crippen molar-refractivity contribution in [2.75, 3.05) is 0 Å². The summed E-state index contributed by atoms with van der Waals surface area (Å²) in [5.74, 6) is -2.73. The quantitative estimate of drug-likeness (QED) is 0.360. The minimum Gasteiger partial charge on any atom is -0.296 e. The van der Waals surface area contributed by atoms with E-state index in [0.717, 1.165) is 18.2 Å². The van der Waals surface area contributed by atoms with E-state index in [9.17, 15) is 14.4 Å². The van der Waals surface area contributed by atoms with E-state index >= 15 is 0 Å². The summed E-state index contributed by atoms with van der Waals surface area (Å²) in [5.41, 5.74) is 0. The molecule has 0 aromatic heterocycles. The monoisotopic (exact) mass is 347 g/mol. The molecule has 0 saturated carbocycles. The highest BCUT2D eigenvalue weighted by Crippen LogP contribution is 2.00. The minimum absolute atomic E-state index is 0.0486. The Morgan fingerprint density at radius 3 is 1.08 bits per heavy atom. The summed E-state index contributed by atoms with van der Waals surface area (Å²) >= 11 is 0. The van der Waals surface area contributed by atoms with E-state index in [1.807, 2.05) is 0 Å². The van der Waals surface area contributed by atoms with E-state index in [-0.39, 0.29) is 5.39 Å². The molecule has 0 bridgehead atoms. The maximum atomic E-state index is 11.6. The second kappa shape index (κ2) is 14.4. The molecule has 134 valence electrons. The van der Waals surface area contributed by atoms with Gasteiger partial charge in [0.2, 0.25) is 5.39 Å².